The van der Waals surface area contributed by atoms with Gasteiger partial charge in [-0.05, 0) is 38.5 Å². The lowest BCUT2D eigenvalue weighted by molar-refractivity contribution is 0.0221. The summed E-state index contributed by atoms with van der Waals surface area (Å²) in [5, 5.41) is 37.2. The van der Waals surface area contributed by atoms with Crippen molar-refractivity contribution in [3.8, 4) is 24.3 Å². The Bertz CT molecular complexity index is 438. The van der Waals surface area contributed by atoms with Crippen molar-refractivity contribution in [3.05, 3.63) is 0 Å². The lowest BCUT2D eigenvalue weighted by Gasteiger charge is -2.43. The molecule has 0 aliphatic carbocycles. The summed E-state index contributed by atoms with van der Waals surface area (Å²) < 4.78 is 0. The van der Waals surface area contributed by atoms with E-state index in [-0.39, 0.29) is 24.2 Å². The van der Waals surface area contributed by atoms with Gasteiger partial charge < -0.3 is 0 Å². The summed E-state index contributed by atoms with van der Waals surface area (Å²) in [6.45, 7) is 0.354. The lowest BCUT2D eigenvalue weighted by Crippen LogP contribution is -2.56. The van der Waals surface area contributed by atoms with E-state index in [4.69, 9.17) is 0 Å². The first kappa shape index (κ1) is 15.3. The molecule has 2 rings (SSSR count). The summed E-state index contributed by atoms with van der Waals surface area (Å²) in [6.07, 6.45) is 4.73. The Hall–Kier alpha value is -2.12. The molecule has 4 atom stereocenters. The average Bonchev–Trinajstić information content (AvgIpc) is 2.55. The molecule has 4 unspecified atom stereocenters. The van der Waals surface area contributed by atoms with Crippen LogP contribution in [0.5, 0.6) is 0 Å². The fourth-order valence-electron chi connectivity index (χ4n) is 3.24. The SMILES string of the molecule is N#CC1CCCC(C#N)N1CN1C(C#N)CCCC1C#N. The summed E-state index contributed by atoms with van der Waals surface area (Å²) in [7, 11) is 0. The smallest absolute Gasteiger partial charge is 0.0998 e. The van der Waals surface area contributed by atoms with Crippen molar-refractivity contribution in [1.29, 1.82) is 21.0 Å². The molecular formula is C15H18N6. The fourth-order valence-corrected chi connectivity index (χ4v) is 3.24. The molecule has 2 saturated heterocycles. The molecule has 0 N–H and O–H groups in total. The van der Waals surface area contributed by atoms with Gasteiger partial charge in [0.2, 0.25) is 0 Å². The first-order valence-electron chi connectivity index (χ1n) is 7.35. The van der Waals surface area contributed by atoms with E-state index in [9.17, 15) is 21.0 Å². The molecule has 0 aromatic heterocycles. The monoisotopic (exact) mass is 282 g/mol. The van der Waals surface area contributed by atoms with Crippen LogP contribution in [-0.4, -0.2) is 40.6 Å². The molecule has 0 radical (unpaired) electrons. The normalized spacial score (nSPS) is 34.1. The molecular weight excluding hydrogens is 264 g/mol. The van der Waals surface area contributed by atoms with Crippen LogP contribution in [0.15, 0.2) is 0 Å². The number of hydrogen-bond donors (Lipinski definition) is 0. The van der Waals surface area contributed by atoms with Crippen LogP contribution in [0.3, 0.4) is 0 Å². The second kappa shape index (κ2) is 7.05. The third kappa shape index (κ3) is 3.14. The predicted octanol–water partition coefficient (Wildman–Crippen LogP) is 1.48. The Morgan fingerprint density at radius 1 is 0.619 bits per heavy atom. The summed E-state index contributed by atoms with van der Waals surface area (Å²) in [4.78, 5) is 3.73. The van der Waals surface area contributed by atoms with Gasteiger partial charge in [0.05, 0.1) is 55.1 Å². The second-order valence-electron chi connectivity index (χ2n) is 5.61. The standard InChI is InChI=1S/C15H18N6/c16-7-12-3-1-4-13(8-17)20(12)11-21-14(9-18)5-2-6-15(21)10-19/h12-15H,1-6,11H2. The molecule has 108 valence electrons. The summed E-state index contributed by atoms with van der Waals surface area (Å²) in [6, 6.07) is 7.82. The Kier molecular flexibility index (Phi) is 5.13. The number of rotatable bonds is 2. The molecule has 0 bridgehead atoms. The van der Waals surface area contributed by atoms with Gasteiger partial charge in [0.15, 0.2) is 0 Å². The molecule has 6 heteroatoms. The highest BCUT2D eigenvalue weighted by Gasteiger charge is 2.37. The zero-order chi connectivity index (χ0) is 15.2. The highest BCUT2D eigenvalue weighted by atomic mass is 15.4. The topological polar surface area (TPSA) is 102 Å². The third-order valence-corrected chi connectivity index (χ3v) is 4.43. The molecule has 6 nitrogen and oxygen atoms in total. The molecule has 2 aliphatic heterocycles. The zero-order valence-electron chi connectivity index (χ0n) is 11.9. The van der Waals surface area contributed by atoms with Crippen molar-refractivity contribution < 1.29 is 0 Å². The van der Waals surface area contributed by atoms with Gasteiger partial charge in [0, 0.05) is 0 Å². The first-order chi connectivity index (χ1) is 10.2. The Balaban J connectivity index is 2.19. The first-order valence-corrected chi connectivity index (χ1v) is 7.35. The zero-order valence-corrected chi connectivity index (χ0v) is 11.9. The van der Waals surface area contributed by atoms with Crippen LogP contribution in [0.25, 0.3) is 0 Å². The fraction of sp³-hybridized carbons (Fsp3) is 0.733. The van der Waals surface area contributed by atoms with Gasteiger partial charge >= 0.3 is 0 Å². The van der Waals surface area contributed by atoms with Gasteiger partial charge in [-0.15, -0.1) is 0 Å². The quantitative estimate of drug-likeness (QED) is 0.760. The van der Waals surface area contributed by atoms with E-state index in [2.05, 4.69) is 24.3 Å². The molecule has 0 spiro atoms. The molecule has 2 aliphatic rings. The van der Waals surface area contributed by atoms with E-state index in [1.165, 1.54) is 0 Å². The number of nitriles is 4. The average molecular weight is 282 g/mol. The molecule has 0 aromatic carbocycles. The molecule has 0 saturated carbocycles. The van der Waals surface area contributed by atoms with Crippen molar-refractivity contribution in [2.45, 2.75) is 62.7 Å². The van der Waals surface area contributed by atoms with Gasteiger partial charge in [0.1, 0.15) is 0 Å². The van der Waals surface area contributed by atoms with E-state index >= 15 is 0 Å². The Morgan fingerprint density at radius 2 is 0.905 bits per heavy atom. The van der Waals surface area contributed by atoms with Crippen molar-refractivity contribution >= 4 is 0 Å². The van der Waals surface area contributed by atoms with Crippen LogP contribution in [-0.2, 0) is 0 Å². The van der Waals surface area contributed by atoms with Crippen LogP contribution in [0, 0.1) is 45.3 Å². The van der Waals surface area contributed by atoms with E-state index in [1.807, 2.05) is 9.80 Å². The van der Waals surface area contributed by atoms with E-state index in [0.717, 1.165) is 38.5 Å². The van der Waals surface area contributed by atoms with Crippen molar-refractivity contribution in [3.63, 3.8) is 0 Å². The largest absolute Gasteiger partial charge is 0.259 e. The second-order valence-corrected chi connectivity index (χ2v) is 5.61. The predicted molar refractivity (Wildman–Crippen MR) is 73.9 cm³/mol. The highest BCUT2D eigenvalue weighted by Crippen LogP contribution is 2.27. The summed E-state index contributed by atoms with van der Waals surface area (Å²) >= 11 is 0. The van der Waals surface area contributed by atoms with Crippen molar-refractivity contribution in [2.24, 2.45) is 0 Å². The van der Waals surface area contributed by atoms with Gasteiger partial charge in [0.25, 0.3) is 0 Å². The van der Waals surface area contributed by atoms with Gasteiger partial charge in [-0.3, -0.25) is 9.80 Å². The van der Waals surface area contributed by atoms with Crippen molar-refractivity contribution in [1.82, 2.24) is 9.80 Å². The number of hydrogen-bond acceptors (Lipinski definition) is 6. The van der Waals surface area contributed by atoms with Gasteiger partial charge in [-0.2, -0.15) is 21.0 Å². The minimum absolute atomic E-state index is 0.302. The van der Waals surface area contributed by atoms with Crippen LogP contribution >= 0.6 is 0 Å². The maximum atomic E-state index is 9.30. The third-order valence-electron chi connectivity index (χ3n) is 4.43. The molecule has 0 aromatic rings. The van der Waals surface area contributed by atoms with Crippen LogP contribution in [0.4, 0.5) is 0 Å². The molecule has 0 amide bonds. The number of piperidine rings is 2. The number of nitrogens with zero attached hydrogens (tertiary/aromatic N) is 6. The van der Waals surface area contributed by atoms with Crippen molar-refractivity contribution in [2.75, 3.05) is 6.67 Å². The van der Waals surface area contributed by atoms with Gasteiger partial charge in [-0.25, -0.2) is 0 Å². The Labute approximate surface area is 125 Å². The molecule has 21 heavy (non-hydrogen) atoms. The van der Waals surface area contributed by atoms with Crippen LogP contribution in [0.1, 0.15) is 38.5 Å². The minimum atomic E-state index is -0.302. The van der Waals surface area contributed by atoms with Gasteiger partial charge in [-0.1, -0.05) is 0 Å². The Morgan fingerprint density at radius 3 is 1.14 bits per heavy atom. The minimum Gasteiger partial charge on any atom is -0.259 e. The van der Waals surface area contributed by atoms with Crippen LogP contribution < -0.4 is 0 Å². The maximum absolute atomic E-state index is 9.30. The molecule has 2 heterocycles. The summed E-state index contributed by atoms with van der Waals surface area (Å²) in [5.41, 5.74) is 0. The molecule has 2 fully saturated rings. The number of likely N-dealkylation sites (tertiary alicyclic amines) is 2. The maximum Gasteiger partial charge on any atom is 0.0998 e. The van der Waals surface area contributed by atoms with E-state index < -0.39 is 0 Å². The lowest BCUT2D eigenvalue weighted by atomic mass is 9.95. The van der Waals surface area contributed by atoms with Crippen LogP contribution in [0.2, 0.25) is 0 Å². The summed E-state index contributed by atoms with van der Waals surface area (Å²) in [5.74, 6) is 0. The van der Waals surface area contributed by atoms with E-state index in [0.29, 0.717) is 6.67 Å². The van der Waals surface area contributed by atoms with E-state index in [1.54, 1.807) is 0 Å². The highest BCUT2D eigenvalue weighted by molar-refractivity contribution is 5.08.